The van der Waals surface area contributed by atoms with Crippen LogP contribution in [-0.2, 0) is 0 Å². The topological polar surface area (TPSA) is 69.6 Å². The molecular weight excluding hydrogens is 194 g/mol. The van der Waals surface area contributed by atoms with E-state index in [9.17, 15) is 4.79 Å². The minimum absolute atomic E-state index is 0.274. The molecule has 4 nitrogen and oxygen atoms in total. The van der Waals surface area contributed by atoms with Crippen molar-refractivity contribution < 1.29 is 15.0 Å². The fraction of sp³-hybridized carbons (Fsp3) is 0.364. The van der Waals surface area contributed by atoms with Gasteiger partial charge in [0.1, 0.15) is 0 Å². The van der Waals surface area contributed by atoms with Crippen molar-refractivity contribution in [1.29, 1.82) is 0 Å². The molecule has 1 unspecified atom stereocenters. The number of carbonyl (C=O) groups is 1. The van der Waals surface area contributed by atoms with Crippen molar-refractivity contribution in [2.45, 2.75) is 19.4 Å². The Balaban J connectivity index is 2.46. The maximum absolute atomic E-state index is 10.6. The molecule has 0 aliphatic rings. The van der Waals surface area contributed by atoms with E-state index in [0.29, 0.717) is 13.0 Å². The van der Waals surface area contributed by atoms with Crippen LogP contribution in [0.1, 0.15) is 23.7 Å². The predicted molar refractivity (Wildman–Crippen MR) is 58.2 cm³/mol. The van der Waals surface area contributed by atoms with Gasteiger partial charge < -0.3 is 15.5 Å². The Labute approximate surface area is 88.6 Å². The lowest BCUT2D eigenvalue weighted by molar-refractivity contribution is 0.0697. The number of carboxylic acid groups (broad SMARTS) is 1. The summed E-state index contributed by atoms with van der Waals surface area (Å²) in [6.07, 6.45) is 0.344. The highest BCUT2D eigenvalue weighted by Gasteiger charge is 2.01. The Bertz CT molecular complexity index is 319. The number of benzene rings is 1. The Kier molecular flexibility index (Phi) is 4.12. The normalized spacial score (nSPS) is 12.1. The minimum Gasteiger partial charge on any atom is -0.478 e. The van der Waals surface area contributed by atoms with E-state index in [-0.39, 0.29) is 11.7 Å². The Morgan fingerprint density at radius 3 is 2.47 bits per heavy atom. The first-order chi connectivity index (χ1) is 7.09. The van der Waals surface area contributed by atoms with Gasteiger partial charge in [-0.15, -0.1) is 0 Å². The summed E-state index contributed by atoms with van der Waals surface area (Å²) in [4.78, 5) is 10.6. The SMILES string of the molecule is CC(O)CCNc1ccc(C(=O)O)cc1. The molecule has 1 aromatic carbocycles. The van der Waals surface area contributed by atoms with Crippen LogP contribution < -0.4 is 5.32 Å². The first kappa shape index (κ1) is 11.5. The maximum Gasteiger partial charge on any atom is 0.335 e. The van der Waals surface area contributed by atoms with Gasteiger partial charge in [-0.2, -0.15) is 0 Å². The van der Waals surface area contributed by atoms with Gasteiger partial charge in [0.2, 0.25) is 0 Å². The Morgan fingerprint density at radius 1 is 1.40 bits per heavy atom. The molecule has 1 aromatic rings. The van der Waals surface area contributed by atoms with E-state index in [4.69, 9.17) is 10.2 Å². The van der Waals surface area contributed by atoms with Crippen molar-refractivity contribution >= 4 is 11.7 Å². The number of aliphatic hydroxyl groups is 1. The molecular formula is C11H15NO3. The van der Waals surface area contributed by atoms with E-state index in [1.54, 1.807) is 31.2 Å². The average Bonchev–Trinajstić information content (AvgIpc) is 2.18. The monoisotopic (exact) mass is 209 g/mol. The third-order valence-corrected chi connectivity index (χ3v) is 2.02. The van der Waals surface area contributed by atoms with Crippen LogP contribution in [0.25, 0.3) is 0 Å². The van der Waals surface area contributed by atoms with Gasteiger partial charge in [-0.3, -0.25) is 0 Å². The lowest BCUT2D eigenvalue weighted by Gasteiger charge is -2.07. The Hall–Kier alpha value is -1.55. The fourth-order valence-corrected chi connectivity index (χ4v) is 1.16. The van der Waals surface area contributed by atoms with Gasteiger partial charge in [-0.1, -0.05) is 0 Å². The van der Waals surface area contributed by atoms with Gasteiger partial charge in [0.15, 0.2) is 0 Å². The van der Waals surface area contributed by atoms with Crippen molar-refractivity contribution in [2.75, 3.05) is 11.9 Å². The van der Waals surface area contributed by atoms with Gasteiger partial charge in [-0.05, 0) is 37.6 Å². The number of aliphatic hydroxyl groups excluding tert-OH is 1. The summed E-state index contributed by atoms with van der Waals surface area (Å²) < 4.78 is 0. The number of anilines is 1. The van der Waals surface area contributed by atoms with Crippen molar-refractivity contribution in [3.05, 3.63) is 29.8 Å². The van der Waals surface area contributed by atoms with Crippen molar-refractivity contribution in [3.63, 3.8) is 0 Å². The second kappa shape index (κ2) is 5.36. The van der Waals surface area contributed by atoms with E-state index in [0.717, 1.165) is 5.69 Å². The van der Waals surface area contributed by atoms with Crippen molar-refractivity contribution in [1.82, 2.24) is 0 Å². The standard InChI is InChI=1S/C11H15NO3/c1-8(13)6-7-12-10-4-2-9(3-5-10)11(14)15/h2-5,8,12-13H,6-7H2,1H3,(H,14,15). The second-order valence-electron chi connectivity index (χ2n) is 3.45. The predicted octanol–water partition coefficient (Wildman–Crippen LogP) is 1.57. The number of carboxylic acids is 1. The number of rotatable bonds is 5. The molecule has 4 heteroatoms. The summed E-state index contributed by atoms with van der Waals surface area (Å²) in [5.74, 6) is -0.925. The highest BCUT2D eigenvalue weighted by Crippen LogP contribution is 2.09. The lowest BCUT2D eigenvalue weighted by Crippen LogP contribution is -2.09. The van der Waals surface area contributed by atoms with Crippen molar-refractivity contribution in [2.24, 2.45) is 0 Å². The molecule has 0 aliphatic carbocycles. The summed E-state index contributed by atoms with van der Waals surface area (Å²) in [6, 6.07) is 6.52. The average molecular weight is 209 g/mol. The van der Waals surface area contributed by atoms with E-state index >= 15 is 0 Å². The zero-order chi connectivity index (χ0) is 11.3. The van der Waals surface area contributed by atoms with Crippen LogP contribution in [0.15, 0.2) is 24.3 Å². The van der Waals surface area contributed by atoms with E-state index < -0.39 is 5.97 Å². The summed E-state index contributed by atoms with van der Waals surface area (Å²) in [5.41, 5.74) is 1.14. The van der Waals surface area contributed by atoms with Crippen molar-refractivity contribution in [3.8, 4) is 0 Å². The molecule has 0 amide bonds. The summed E-state index contributed by atoms with van der Waals surface area (Å²) >= 11 is 0. The minimum atomic E-state index is -0.925. The molecule has 0 heterocycles. The second-order valence-corrected chi connectivity index (χ2v) is 3.45. The van der Waals surface area contributed by atoms with Gasteiger partial charge in [0.05, 0.1) is 11.7 Å². The van der Waals surface area contributed by atoms with Crippen LogP contribution in [0.4, 0.5) is 5.69 Å². The van der Waals surface area contributed by atoms with Gasteiger partial charge in [0.25, 0.3) is 0 Å². The molecule has 3 N–H and O–H groups in total. The van der Waals surface area contributed by atoms with Gasteiger partial charge >= 0.3 is 5.97 Å². The summed E-state index contributed by atoms with van der Waals surface area (Å²) in [6.45, 7) is 2.40. The lowest BCUT2D eigenvalue weighted by atomic mass is 10.2. The van der Waals surface area contributed by atoms with E-state index in [1.807, 2.05) is 0 Å². The van der Waals surface area contributed by atoms with E-state index in [2.05, 4.69) is 5.32 Å². The quantitative estimate of drug-likeness (QED) is 0.688. The first-order valence-electron chi connectivity index (χ1n) is 4.85. The number of nitrogens with one attached hydrogen (secondary N) is 1. The molecule has 0 aliphatic heterocycles. The third-order valence-electron chi connectivity index (χ3n) is 2.02. The van der Waals surface area contributed by atoms with Crippen LogP contribution >= 0.6 is 0 Å². The molecule has 1 atom stereocenters. The van der Waals surface area contributed by atoms with Crippen LogP contribution in [0.2, 0.25) is 0 Å². The number of hydrogen-bond donors (Lipinski definition) is 3. The molecule has 15 heavy (non-hydrogen) atoms. The molecule has 0 bridgehead atoms. The Morgan fingerprint density at radius 2 is 2.00 bits per heavy atom. The number of hydrogen-bond acceptors (Lipinski definition) is 3. The molecule has 82 valence electrons. The fourth-order valence-electron chi connectivity index (χ4n) is 1.16. The summed E-state index contributed by atoms with van der Waals surface area (Å²) in [7, 11) is 0. The van der Waals surface area contributed by atoms with Gasteiger partial charge in [0, 0.05) is 12.2 Å². The largest absolute Gasteiger partial charge is 0.478 e. The summed E-state index contributed by atoms with van der Waals surface area (Å²) in [5, 5.41) is 20.8. The zero-order valence-corrected chi connectivity index (χ0v) is 8.60. The molecule has 0 spiro atoms. The highest BCUT2D eigenvalue weighted by atomic mass is 16.4. The van der Waals surface area contributed by atoms with E-state index in [1.165, 1.54) is 0 Å². The third kappa shape index (κ3) is 3.99. The molecule has 0 saturated heterocycles. The molecule has 1 rings (SSSR count). The molecule has 0 fully saturated rings. The number of aromatic carboxylic acids is 1. The maximum atomic E-state index is 10.6. The molecule has 0 saturated carbocycles. The molecule has 0 radical (unpaired) electrons. The van der Waals surface area contributed by atoms with Crippen LogP contribution in [0.3, 0.4) is 0 Å². The highest BCUT2D eigenvalue weighted by molar-refractivity contribution is 5.87. The first-order valence-corrected chi connectivity index (χ1v) is 4.85. The smallest absolute Gasteiger partial charge is 0.335 e. The van der Waals surface area contributed by atoms with Crippen LogP contribution in [0, 0.1) is 0 Å². The van der Waals surface area contributed by atoms with Crippen LogP contribution in [0.5, 0.6) is 0 Å². The zero-order valence-electron chi connectivity index (χ0n) is 8.60. The van der Waals surface area contributed by atoms with Crippen LogP contribution in [-0.4, -0.2) is 28.8 Å². The molecule has 0 aromatic heterocycles. The van der Waals surface area contributed by atoms with Gasteiger partial charge in [-0.25, -0.2) is 4.79 Å².